The summed E-state index contributed by atoms with van der Waals surface area (Å²) in [6, 6.07) is 14.8. The topological polar surface area (TPSA) is 76.7 Å². The summed E-state index contributed by atoms with van der Waals surface area (Å²) in [5.74, 6) is 2.74. The van der Waals surface area contributed by atoms with Crippen LogP contribution in [0.25, 0.3) is 0 Å². The van der Waals surface area contributed by atoms with E-state index in [1.165, 1.54) is 32.1 Å². The smallest absolute Gasteiger partial charge is 0.251 e. The van der Waals surface area contributed by atoms with Crippen LogP contribution in [0.4, 0.5) is 0 Å². The van der Waals surface area contributed by atoms with E-state index in [-0.39, 0.29) is 22.6 Å². The third kappa shape index (κ3) is 5.23. The molecule has 4 bridgehead atoms. The van der Waals surface area contributed by atoms with Gasteiger partial charge in [0.25, 0.3) is 11.8 Å². The standard InChI is InChI=1S/C30H38N2O4/c1-3-35-25-9-5-7-23(12-25)27(33)31-19-29-14-21-11-22(15-29)17-30(16-21,18-29)20-32-28(34)24-8-6-10-26(13-24)36-4-2/h5-10,12-13,21-22H,3-4,11,14-20H2,1-2H3,(H,31,33)(H,32,34). The molecule has 0 aromatic heterocycles. The van der Waals surface area contributed by atoms with E-state index in [9.17, 15) is 9.59 Å². The summed E-state index contributed by atoms with van der Waals surface area (Å²) in [7, 11) is 0. The Balaban J connectivity index is 1.23. The summed E-state index contributed by atoms with van der Waals surface area (Å²) in [4.78, 5) is 26.0. The average molecular weight is 491 g/mol. The lowest BCUT2D eigenvalue weighted by Gasteiger charge is -2.62. The van der Waals surface area contributed by atoms with Gasteiger partial charge in [-0.1, -0.05) is 12.1 Å². The normalized spacial score (nSPS) is 27.9. The summed E-state index contributed by atoms with van der Waals surface area (Å²) < 4.78 is 11.1. The molecular formula is C30H38N2O4. The lowest BCUT2D eigenvalue weighted by molar-refractivity contribution is -0.105. The maximum Gasteiger partial charge on any atom is 0.251 e. The number of hydrogen-bond donors (Lipinski definition) is 2. The number of amides is 2. The molecule has 2 N–H and O–H groups in total. The summed E-state index contributed by atoms with van der Waals surface area (Å²) in [5.41, 5.74) is 1.53. The van der Waals surface area contributed by atoms with Gasteiger partial charge in [0.2, 0.25) is 0 Å². The van der Waals surface area contributed by atoms with Gasteiger partial charge in [0.1, 0.15) is 11.5 Å². The van der Waals surface area contributed by atoms with Crippen LogP contribution in [0, 0.1) is 22.7 Å². The van der Waals surface area contributed by atoms with Crippen molar-refractivity contribution in [1.82, 2.24) is 10.6 Å². The maximum absolute atomic E-state index is 13.0. The van der Waals surface area contributed by atoms with Crippen molar-refractivity contribution >= 4 is 11.8 Å². The van der Waals surface area contributed by atoms with Crippen molar-refractivity contribution in [2.45, 2.75) is 52.4 Å². The third-order valence-corrected chi connectivity index (χ3v) is 8.37. The van der Waals surface area contributed by atoms with E-state index in [1.807, 2.05) is 62.4 Å². The highest BCUT2D eigenvalue weighted by Gasteiger charge is 2.57. The Morgan fingerprint density at radius 1 is 0.778 bits per heavy atom. The summed E-state index contributed by atoms with van der Waals surface area (Å²) >= 11 is 0. The minimum absolute atomic E-state index is 0.0381. The Morgan fingerprint density at radius 3 is 1.64 bits per heavy atom. The molecule has 36 heavy (non-hydrogen) atoms. The Morgan fingerprint density at radius 2 is 1.22 bits per heavy atom. The third-order valence-electron chi connectivity index (χ3n) is 8.37. The van der Waals surface area contributed by atoms with Gasteiger partial charge in [-0.05, 0) is 111 Å². The fourth-order valence-corrected chi connectivity index (χ4v) is 7.59. The zero-order chi connectivity index (χ0) is 25.2. The van der Waals surface area contributed by atoms with Crippen LogP contribution in [0.3, 0.4) is 0 Å². The first-order valence-electron chi connectivity index (χ1n) is 13.4. The lowest BCUT2D eigenvalue weighted by Crippen LogP contribution is -2.58. The van der Waals surface area contributed by atoms with Crippen molar-refractivity contribution in [2.75, 3.05) is 26.3 Å². The molecule has 0 unspecified atom stereocenters. The Kier molecular flexibility index (Phi) is 6.96. The van der Waals surface area contributed by atoms with E-state index < -0.39 is 0 Å². The van der Waals surface area contributed by atoms with Gasteiger partial charge in [0.05, 0.1) is 13.2 Å². The molecule has 6 rings (SSSR count). The van der Waals surface area contributed by atoms with Gasteiger partial charge in [0, 0.05) is 24.2 Å². The second-order valence-corrected chi connectivity index (χ2v) is 11.2. The molecule has 2 aromatic carbocycles. The quantitative estimate of drug-likeness (QED) is 0.478. The molecule has 6 heteroatoms. The SMILES string of the molecule is CCOc1cccc(C(=O)NCC23CC4CC(C2)CC(CNC(=O)c2cccc(OCC)c2)(C4)C3)c1. The van der Waals surface area contributed by atoms with Crippen molar-refractivity contribution in [3.63, 3.8) is 0 Å². The second kappa shape index (κ2) is 10.2. The van der Waals surface area contributed by atoms with Gasteiger partial charge < -0.3 is 20.1 Å². The Bertz CT molecular complexity index is 1020. The highest BCUT2D eigenvalue weighted by molar-refractivity contribution is 5.95. The fraction of sp³-hybridized carbons (Fsp3) is 0.533. The van der Waals surface area contributed by atoms with Gasteiger partial charge in [-0.2, -0.15) is 0 Å². The molecule has 0 atom stereocenters. The number of rotatable bonds is 10. The number of carbonyl (C=O) groups excluding carboxylic acids is 2. The number of ether oxygens (including phenoxy) is 2. The van der Waals surface area contributed by atoms with E-state index in [2.05, 4.69) is 10.6 Å². The molecule has 4 fully saturated rings. The zero-order valence-electron chi connectivity index (χ0n) is 21.5. The van der Waals surface area contributed by atoms with Crippen LogP contribution in [-0.4, -0.2) is 38.1 Å². The minimum atomic E-state index is -0.0381. The molecule has 0 saturated heterocycles. The fourth-order valence-electron chi connectivity index (χ4n) is 7.59. The number of benzene rings is 2. The van der Waals surface area contributed by atoms with E-state index in [0.717, 1.165) is 17.9 Å². The molecule has 4 aliphatic carbocycles. The van der Waals surface area contributed by atoms with Gasteiger partial charge in [-0.3, -0.25) is 9.59 Å². The van der Waals surface area contributed by atoms with Crippen molar-refractivity contribution in [1.29, 1.82) is 0 Å². The van der Waals surface area contributed by atoms with Crippen LogP contribution in [0.1, 0.15) is 73.1 Å². The molecule has 2 amide bonds. The molecule has 2 aromatic rings. The number of carbonyl (C=O) groups is 2. The van der Waals surface area contributed by atoms with E-state index in [0.29, 0.717) is 49.3 Å². The van der Waals surface area contributed by atoms with Crippen LogP contribution in [0.5, 0.6) is 11.5 Å². The number of hydrogen-bond acceptors (Lipinski definition) is 4. The number of nitrogens with one attached hydrogen (secondary N) is 2. The van der Waals surface area contributed by atoms with Crippen LogP contribution in [0.15, 0.2) is 48.5 Å². The molecule has 0 aliphatic heterocycles. The molecule has 192 valence electrons. The van der Waals surface area contributed by atoms with E-state index in [1.54, 1.807) is 0 Å². The van der Waals surface area contributed by atoms with Gasteiger partial charge >= 0.3 is 0 Å². The molecule has 0 radical (unpaired) electrons. The van der Waals surface area contributed by atoms with Crippen molar-refractivity contribution in [2.24, 2.45) is 22.7 Å². The van der Waals surface area contributed by atoms with Crippen LogP contribution in [0.2, 0.25) is 0 Å². The first-order chi connectivity index (χ1) is 17.4. The summed E-state index contributed by atoms with van der Waals surface area (Å²) in [6.45, 7) is 6.43. The lowest BCUT2D eigenvalue weighted by atomic mass is 9.44. The zero-order valence-corrected chi connectivity index (χ0v) is 21.5. The molecule has 4 saturated carbocycles. The first kappa shape index (κ1) is 24.7. The van der Waals surface area contributed by atoms with Crippen LogP contribution in [-0.2, 0) is 0 Å². The van der Waals surface area contributed by atoms with Crippen LogP contribution < -0.4 is 20.1 Å². The predicted molar refractivity (Wildman–Crippen MR) is 139 cm³/mol. The van der Waals surface area contributed by atoms with Gasteiger partial charge in [0.15, 0.2) is 0 Å². The maximum atomic E-state index is 13.0. The predicted octanol–water partition coefficient (Wildman–Crippen LogP) is 5.23. The Hall–Kier alpha value is -3.02. The second-order valence-electron chi connectivity index (χ2n) is 11.2. The Labute approximate surface area is 214 Å². The summed E-state index contributed by atoms with van der Waals surface area (Å²) in [5, 5.41) is 6.51. The first-order valence-corrected chi connectivity index (χ1v) is 13.4. The average Bonchev–Trinajstić information content (AvgIpc) is 2.86. The molecular weight excluding hydrogens is 452 g/mol. The highest BCUT2D eigenvalue weighted by Crippen LogP contribution is 2.64. The van der Waals surface area contributed by atoms with Gasteiger partial charge in [-0.25, -0.2) is 0 Å². The molecule has 4 aliphatic rings. The van der Waals surface area contributed by atoms with E-state index in [4.69, 9.17) is 9.47 Å². The largest absolute Gasteiger partial charge is 0.494 e. The minimum Gasteiger partial charge on any atom is -0.494 e. The van der Waals surface area contributed by atoms with Gasteiger partial charge in [-0.15, -0.1) is 0 Å². The molecule has 0 heterocycles. The monoisotopic (exact) mass is 490 g/mol. The van der Waals surface area contributed by atoms with Crippen molar-refractivity contribution in [3.8, 4) is 11.5 Å². The molecule has 0 spiro atoms. The van der Waals surface area contributed by atoms with Crippen LogP contribution >= 0.6 is 0 Å². The van der Waals surface area contributed by atoms with Crippen molar-refractivity contribution in [3.05, 3.63) is 59.7 Å². The molecule has 6 nitrogen and oxygen atoms in total. The van der Waals surface area contributed by atoms with Crippen molar-refractivity contribution < 1.29 is 19.1 Å². The summed E-state index contributed by atoms with van der Waals surface area (Å²) in [6.07, 6.45) is 7.05. The van der Waals surface area contributed by atoms with E-state index >= 15 is 0 Å². The highest BCUT2D eigenvalue weighted by atomic mass is 16.5.